The van der Waals surface area contributed by atoms with Gasteiger partial charge in [-0.2, -0.15) is 0 Å². The quantitative estimate of drug-likeness (QED) is 0.734. The largest absolute Gasteiger partial charge is 0.481 e. The molecule has 3 nitrogen and oxygen atoms in total. The van der Waals surface area contributed by atoms with Crippen LogP contribution in [-0.4, -0.2) is 35.6 Å². The molecule has 14 heavy (non-hydrogen) atoms. The standard InChI is InChI=1S/C11H21NO2/c1-4-8(2)7-12(3)10-6-5-9(10)11(13)14/h8-10H,4-7H2,1-3H3,(H,13,14). The monoisotopic (exact) mass is 199 g/mol. The highest BCUT2D eigenvalue weighted by molar-refractivity contribution is 5.72. The van der Waals surface area contributed by atoms with Crippen molar-refractivity contribution in [3.8, 4) is 0 Å². The summed E-state index contributed by atoms with van der Waals surface area (Å²) in [6.45, 7) is 5.41. The molecule has 0 aromatic carbocycles. The van der Waals surface area contributed by atoms with Crippen molar-refractivity contribution >= 4 is 5.97 Å². The normalized spacial score (nSPS) is 28.6. The van der Waals surface area contributed by atoms with E-state index < -0.39 is 5.97 Å². The van der Waals surface area contributed by atoms with E-state index in [1.807, 2.05) is 7.05 Å². The lowest BCUT2D eigenvalue weighted by atomic mass is 9.78. The van der Waals surface area contributed by atoms with Gasteiger partial charge in [-0.05, 0) is 25.8 Å². The highest BCUT2D eigenvalue weighted by Gasteiger charge is 2.38. The minimum atomic E-state index is -0.628. The topological polar surface area (TPSA) is 40.5 Å². The summed E-state index contributed by atoms with van der Waals surface area (Å²) in [4.78, 5) is 13.0. The molecule has 1 N–H and O–H groups in total. The molecule has 0 saturated heterocycles. The maximum Gasteiger partial charge on any atom is 0.308 e. The molecule has 0 spiro atoms. The molecule has 0 amide bonds. The van der Waals surface area contributed by atoms with Gasteiger partial charge >= 0.3 is 5.97 Å². The van der Waals surface area contributed by atoms with Gasteiger partial charge in [0.15, 0.2) is 0 Å². The van der Waals surface area contributed by atoms with Gasteiger partial charge in [0.25, 0.3) is 0 Å². The fraction of sp³-hybridized carbons (Fsp3) is 0.909. The SMILES string of the molecule is CCC(C)CN(C)C1CCC1C(=O)O. The fourth-order valence-corrected chi connectivity index (χ4v) is 2.05. The van der Waals surface area contributed by atoms with Crippen LogP contribution in [0.1, 0.15) is 33.1 Å². The van der Waals surface area contributed by atoms with Crippen molar-refractivity contribution in [1.29, 1.82) is 0 Å². The highest BCUT2D eigenvalue weighted by Crippen LogP contribution is 2.32. The molecule has 1 aliphatic rings. The summed E-state index contributed by atoms with van der Waals surface area (Å²) >= 11 is 0. The van der Waals surface area contributed by atoms with Crippen LogP contribution in [0.4, 0.5) is 0 Å². The van der Waals surface area contributed by atoms with Gasteiger partial charge in [0.2, 0.25) is 0 Å². The van der Waals surface area contributed by atoms with Gasteiger partial charge in [-0.15, -0.1) is 0 Å². The van der Waals surface area contributed by atoms with E-state index >= 15 is 0 Å². The second kappa shape index (κ2) is 4.78. The van der Waals surface area contributed by atoms with E-state index in [1.165, 1.54) is 0 Å². The lowest BCUT2D eigenvalue weighted by Gasteiger charge is -2.41. The van der Waals surface area contributed by atoms with Crippen molar-refractivity contribution in [3.05, 3.63) is 0 Å². The first kappa shape index (κ1) is 11.5. The Morgan fingerprint density at radius 3 is 2.57 bits per heavy atom. The third-order valence-electron chi connectivity index (χ3n) is 3.42. The van der Waals surface area contributed by atoms with Crippen LogP contribution in [0.5, 0.6) is 0 Å². The number of hydrogen-bond acceptors (Lipinski definition) is 2. The lowest BCUT2D eigenvalue weighted by Crippen LogP contribution is -2.49. The maximum absolute atomic E-state index is 10.8. The number of aliphatic carboxylic acids is 1. The van der Waals surface area contributed by atoms with E-state index in [1.54, 1.807) is 0 Å². The molecule has 1 rings (SSSR count). The molecular weight excluding hydrogens is 178 g/mol. The van der Waals surface area contributed by atoms with E-state index in [4.69, 9.17) is 5.11 Å². The second-order valence-corrected chi connectivity index (χ2v) is 4.54. The Hall–Kier alpha value is -0.570. The van der Waals surface area contributed by atoms with Crippen molar-refractivity contribution in [2.75, 3.05) is 13.6 Å². The predicted molar refractivity (Wildman–Crippen MR) is 56.2 cm³/mol. The molecule has 1 saturated carbocycles. The first-order chi connectivity index (χ1) is 6.56. The zero-order chi connectivity index (χ0) is 10.7. The molecule has 0 heterocycles. The molecule has 0 aromatic heterocycles. The zero-order valence-electron chi connectivity index (χ0n) is 9.36. The van der Waals surface area contributed by atoms with Crippen molar-refractivity contribution in [3.63, 3.8) is 0 Å². The van der Waals surface area contributed by atoms with E-state index in [0.717, 1.165) is 25.8 Å². The number of rotatable bonds is 5. The summed E-state index contributed by atoms with van der Waals surface area (Å²) in [7, 11) is 2.05. The third-order valence-corrected chi connectivity index (χ3v) is 3.42. The molecule has 0 radical (unpaired) electrons. The van der Waals surface area contributed by atoms with Crippen LogP contribution in [0.2, 0.25) is 0 Å². The van der Waals surface area contributed by atoms with E-state index in [2.05, 4.69) is 18.7 Å². The van der Waals surface area contributed by atoms with Gasteiger partial charge in [0, 0.05) is 12.6 Å². The Morgan fingerprint density at radius 1 is 1.57 bits per heavy atom. The Kier molecular flexibility index (Phi) is 3.93. The zero-order valence-corrected chi connectivity index (χ0v) is 9.36. The summed E-state index contributed by atoms with van der Waals surface area (Å²) in [5.74, 6) is -0.0867. The van der Waals surface area contributed by atoms with Gasteiger partial charge in [-0.25, -0.2) is 0 Å². The van der Waals surface area contributed by atoms with Crippen LogP contribution in [0.25, 0.3) is 0 Å². The Balaban J connectivity index is 2.37. The average molecular weight is 199 g/mol. The Morgan fingerprint density at radius 2 is 2.21 bits per heavy atom. The minimum absolute atomic E-state index is 0.121. The Bertz CT molecular complexity index is 205. The van der Waals surface area contributed by atoms with Crippen molar-refractivity contribution in [2.24, 2.45) is 11.8 Å². The van der Waals surface area contributed by atoms with Gasteiger partial charge in [-0.3, -0.25) is 4.79 Å². The summed E-state index contributed by atoms with van der Waals surface area (Å²) in [5, 5.41) is 8.92. The number of hydrogen-bond donors (Lipinski definition) is 1. The van der Waals surface area contributed by atoms with Crippen LogP contribution < -0.4 is 0 Å². The first-order valence-electron chi connectivity index (χ1n) is 5.49. The molecule has 0 bridgehead atoms. The van der Waals surface area contributed by atoms with Crippen LogP contribution in [0, 0.1) is 11.8 Å². The third kappa shape index (κ3) is 2.47. The van der Waals surface area contributed by atoms with Gasteiger partial charge in [0.1, 0.15) is 0 Å². The average Bonchev–Trinajstić information content (AvgIpc) is 2.00. The molecular formula is C11H21NO2. The van der Waals surface area contributed by atoms with Crippen molar-refractivity contribution in [1.82, 2.24) is 4.90 Å². The summed E-state index contributed by atoms with van der Waals surface area (Å²) in [5.41, 5.74) is 0. The lowest BCUT2D eigenvalue weighted by molar-refractivity contribution is -0.148. The Labute approximate surface area is 86.1 Å². The predicted octanol–water partition coefficient (Wildman–Crippen LogP) is 1.83. The summed E-state index contributed by atoms with van der Waals surface area (Å²) < 4.78 is 0. The molecule has 82 valence electrons. The van der Waals surface area contributed by atoms with E-state index in [-0.39, 0.29) is 12.0 Å². The molecule has 3 unspecified atom stereocenters. The first-order valence-corrected chi connectivity index (χ1v) is 5.49. The summed E-state index contributed by atoms with van der Waals surface area (Å²) in [6.07, 6.45) is 3.06. The number of nitrogens with zero attached hydrogens (tertiary/aromatic N) is 1. The fourth-order valence-electron chi connectivity index (χ4n) is 2.05. The van der Waals surface area contributed by atoms with Gasteiger partial charge in [0.05, 0.1) is 5.92 Å². The second-order valence-electron chi connectivity index (χ2n) is 4.54. The van der Waals surface area contributed by atoms with Crippen molar-refractivity contribution < 1.29 is 9.90 Å². The van der Waals surface area contributed by atoms with Crippen LogP contribution in [0.3, 0.4) is 0 Å². The maximum atomic E-state index is 10.8. The number of carboxylic acids is 1. The number of carbonyl (C=O) groups is 1. The smallest absolute Gasteiger partial charge is 0.308 e. The molecule has 0 aromatic rings. The van der Waals surface area contributed by atoms with E-state index in [0.29, 0.717) is 5.92 Å². The number of carboxylic acid groups (broad SMARTS) is 1. The molecule has 0 aliphatic heterocycles. The van der Waals surface area contributed by atoms with Crippen LogP contribution in [-0.2, 0) is 4.79 Å². The van der Waals surface area contributed by atoms with E-state index in [9.17, 15) is 4.79 Å². The van der Waals surface area contributed by atoms with Gasteiger partial charge < -0.3 is 10.0 Å². The van der Waals surface area contributed by atoms with Gasteiger partial charge in [-0.1, -0.05) is 20.3 Å². The molecule has 3 atom stereocenters. The van der Waals surface area contributed by atoms with Crippen LogP contribution in [0.15, 0.2) is 0 Å². The molecule has 1 aliphatic carbocycles. The minimum Gasteiger partial charge on any atom is -0.481 e. The highest BCUT2D eigenvalue weighted by atomic mass is 16.4. The molecule has 1 fully saturated rings. The van der Waals surface area contributed by atoms with Crippen LogP contribution >= 0.6 is 0 Å². The molecule has 3 heteroatoms. The summed E-state index contributed by atoms with van der Waals surface area (Å²) in [6, 6.07) is 0.279. The van der Waals surface area contributed by atoms with Crippen molar-refractivity contribution in [2.45, 2.75) is 39.2 Å².